The fraction of sp³-hybridized carbons (Fsp3) is 0.0714. The summed E-state index contributed by atoms with van der Waals surface area (Å²) in [4.78, 5) is 14.0. The van der Waals surface area contributed by atoms with E-state index < -0.39 is 0 Å². The molecule has 0 aliphatic carbocycles. The molecule has 0 bridgehead atoms. The summed E-state index contributed by atoms with van der Waals surface area (Å²) < 4.78 is 2.28. The molecule has 0 radical (unpaired) electrons. The Morgan fingerprint density at radius 1 is 0.688 bits per heavy atom. The van der Waals surface area contributed by atoms with Gasteiger partial charge in [0.2, 0.25) is 0 Å². The van der Waals surface area contributed by atoms with Crippen molar-refractivity contribution in [3.8, 4) is 22.4 Å². The second kappa shape index (κ2) is 11.7. The molecule has 2 aliphatic heterocycles. The average molecular weight is 797 g/mol. The summed E-state index contributed by atoms with van der Waals surface area (Å²) in [6, 6.07) is 42.4. The number of hydrogen-bond donors (Lipinski definition) is 0. The molecule has 5 nitrogen and oxygen atoms in total. The Bertz CT molecular complexity index is 2540. The largest absolute Gasteiger partial charge is 3.00 e. The average Bonchev–Trinajstić information content (AvgIpc) is 3.73. The van der Waals surface area contributed by atoms with Gasteiger partial charge in [-0.05, 0) is 43.8 Å². The molecule has 0 saturated heterocycles. The Morgan fingerprint density at radius 3 is 2.25 bits per heavy atom. The summed E-state index contributed by atoms with van der Waals surface area (Å²) in [5.74, 6) is 0. The quantitative estimate of drug-likeness (QED) is 0.123. The Labute approximate surface area is 293 Å². The number of fused-ring (bicyclic) bond motifs is 14. The smallest absolute Gasteiger partial charge is 0.510 e. The number of para-hydroxylation sites is 1. The van der Waals surface area contributed by atoms with Crippen LogP contribution in [0.15, 0.2) is 122 Å². The maximum Gasteiger partial charge on any atom is 3.00 e. The van der Waals surface area contributed by atoms with Crippen LogP contribution >= 0.6 is 0 Å². The molecule has 5 aromatic carbocycles. The van der Waals surface area contributed by atoms with Gasteiger partial charge in [-0.1, -0.05) is 88.8 Å². The van der Waals surface area contributed by atoms with Gasteiger partial charge < -0.3 is 14.2 Å². The molecule has 6 heteroatoms. The van der Waals surface area contributed by atoms with Crippen molar-refractivity contribution in [2.75, 3.05) is 11.9 Å². The van der Waals surface area contributed by atoms with E-state index in [1.165, 1.54) is 44.5 Å². The third-order valence-electron chi connectivity index (χ3n) is 9.28. The van der Waals surface area contributed by atoms with Crippen molar-refractivity contribution in [1.29, 1.82) is 0 Å². The van der Waals surface area contributed by atoms with Gasteiger partial charge in [-0.2, -0.15) is 30.9 Å². The van der Waals surface area contributed by atoms with Crippen molar-refractivity contribution in [3.63, 3.8) is 0 Å². The van der Waals surface area contributed by atoms with Crippen molar-refractivity contribution in [2.24, 2.45) is 0 Å². The summed E-state index contributed by atoms with van der Waals surface area (Å²) in [5, 5.41) is 4.39. The monoisotopic (exact) mass is 797 g/mol. The number of benzene rings is 5. The SMILES string of the molecule is CN1C=C2c3ccccc3-c3ccc[c-]c3N2[CH-]1.Cc1cccc(C)c1-c1cnc2c3[c-]cccc3c3ncc4ccccc4c3n12.[Ir+3]. The van der Waals surface area contributed by atoms with Gasteiger partial charge in [0.15, 0.2) is 0 Å². The third kappa shape index (κ3) is 4.56. The molecule has 0 amide bonds. The predicted molar refractivity (Wildman–Crippen MR) is 192 cm³/mol. The zero-order chi connectivity index (χ0) is 31.6. The zero-order valence-electron chi connectivity index (χ0n) is 26.7. The fourth-order valence-corrected chi connectivity index (χ4v) is 7.24. The van der Waals surface area contributed by atoms with Gasteiger partial charge in [-0.15, -0.1) is 29.8 Å². The molecule has 5 heterocycles. The zero-order valence-corrected chi connectivity index (χ0v) is 29.1. The summed E-state index contributed by atoms with van der Waals surface area (Å²) >= 11 is 0. The van der Waals surface area contributed by atoms with Gasteiger partial charge in [0.05, 0.1) is 22.4 Å². The summed E-state index contributed by atoms with van der Waals surface area (Å²) in [5.41, 5.74) is 14.0. The van der Waals surface area contributed by atoms with E-state index in [0.717, 1.165) is 44.2 Å². The first-order chi connectivity index (χ1) is 23.1. The summed E-state index contributed by atoms with van der Waals surface area (Å²) in [6.07, 6.45) is 6.11. The molecular weight excluding hydrogens is 767 g/mol. The van der Waals surface area contributed by atoms with Gasteiger partial charge >= 0.3 is 20.1 Å². The van der Waals surface area contributed by atoms with Crippen LogP contribution in [0, 0.1) is 32.6 Å². The number of pyridine rings is 2. The number of anilines is 1. The van der Waals surface area contributed by atoms with Gasteiger partial charge in [-0.25, -0.2) is 0 Å². The minimum absolute atomic E-state index is 0. The van der Waals surface area contributed by atoms with Crippen molar-refractivity contribution >= 4 is 49.6 Å². The number of rotatable bonds is 1. The van der Waals surface area contributed by atoms with E-state index in [1.807, 2.05) is 36.7 Å². The number of aromatic nitrogens is 3. The van der Waals surface area contributed by atoms with Crippen molar-refractivity contribution in [2.45, 2.75) is 13.8 Å². The van der Waals surface area contributed by atoms with E-state index in [4.69, 9.17) is 9.97 Å². The maximum atomic E-state index is 4.88. The van der Waals surface area contributed by atoms with Gasteiger partial charge in [-0.3, -0.25) is 9.97 Å². The Hall–Kier alpha value is -5.29. The van der Waals surface area contributed by atoms with E-state index in [-0.39, 0.29) is 20.1 Å². The van der Waals surface area contributed by atoms with Crippen LogP contribution in [0.2, 0.25) is 0 Å². The normalized spacial score (nSPS) is 13.1. The Balaban J connectivity index is 0.000000152. The van der Waals surface area contributed by atoms with Crippen LogP contribution in [-0.4, -0.2) is 26.3 Å². The van der Waals surface area contributed by atoms with Crippen LogP contribution in [0.4, 0.5) is 5.69 Å². The van der Waals surface area contributed by atoms with E-state index in [1.54, 1.807) is 0 Å². The van der Waals surface area contributed by atoms with Crippen LogP contribution in [0.1, 0.15) is 16.7 Å². The molecule has 0 spiro atoms. The van der Waals surface area contributed by atoms with Crippen molar-refractivity contribution in [3.05, 3.63) is 157 Å². The van der Waals surface area contributed by atoms with Crippen LogP contribution in [0.5, 0.6) is 0 Å². The molecule has 0 atom stereocenters. The number of imidazole rings is 1. The number of hydrogen-bond acceptors (Lipinski definition) is 4. The number of nitrogens with zero attached hydrogens (tertiary/aromatic N) is 5. The molecule has 3 aromatic heterocycles. The van der Waals surface area contributed by atoms with Gasteiger partial charge in [0.1, 0.15) is 0 Å². The van der Waals surface area contributed by atoms with Crippen LogP contribution < -0.4 is 4.90 Å². The Kier molecular flexibility index (Phi) is 7.36. The van der Waals surface area contributed by atoms with E-state index in [9.17, 15) is 0 Å². The molecule has 0 fully saturated rings. The van der Waals surface area contributed by atoms with Gasteiger partial charge in [0.25, 0.3) is 0 Å². The maximum absolute atomic E-state index is 4.88. The van der Waals surface area contributed by atoms with Gasteiger partial charge in [0, 0.05) is 34.4 Å². The topological polar surface area (TPSA) is 36.7 Å². The minimum Gasteiger partial charge on any atom is -0.510 e. The summed E-state index contributed by atoms with van der Waals surface area (Å²) in [6.45, 7) is 6.42. The fourth-order valence-electron chi connectivity index (χ4n) is 7.24. The predicted octanol–water partition coefficient (Wildman–Crippen LogP) is 9.61. The molecule has 0 saturated carbocycles. The first kappa shape index (κ1) is 30.1. The first-order valence-electron chi connectivity index (χ1n) is 15.8. The van der Waals surface area contributed by atoms with Crippen LogP contribution in [0.25, 0.3) is 66.3 Å². The first-order valence-corrected chi connectivity index (χ1v) is 15.8. The van der Waals surface area contributed by atoms with E-state index in [0.29, 0.717) is 0 Å². The molecule has 232 valence electrons. The minimum atomic E-state index is 0. The molecule has 2 aliphatic rings. The van der Waals surface area contributed by atoms with E-state index >= 15 is 0 Å². The Morgan fingerprint density at radius 2 is 1.40 bits per heavy atom. The van der Waals surface area contributed by atoms with Crippen molar-refractivity contribution < 1.29 is 20.1 Å². The molecule has 48 heavy (non-hydrogen) atoms. The van der Waals surface area contributed by atoms with E-state index in [2.05, 4.69) is 139 Å². The number of aryl methyl sites for hydroxylation is 2. The molecule has 10 rings (SSSR count). The van der Waals surface area contributed by atoms with Crippen LogP contribution in [0.3, 0.4) is 0 Å². The molecule has 0 N–H and O–H groups in total. The second-order valence-corrected chi connectivity index (χ2v) is 12.2. The van der Waals surface area contributed by atoms with Crippen molar-refractivity contribution in [1.82, 2.24) is 19.3 Å². The molecule has 0 unspecified atom stereocenters. The second-order valence-electron chi connectivity index (χ2n) is 12.2. The van der Waals surface area contributed by atoms with Crippen LogP contribution in [-0.2, 0) is 20.1 Å². The molecule has 8 aromatic rings. The summed E-state index contributed by atoms with van der Waals surface area (Å²) in [7, 11) is 2.05. The molecular formula is C42H30IrN5. The third-order valence-corrected chi connectivity index (χ3v) is 9.28. The standard InChI is InChI=1S/C26H18N3.C16H12N2.Ir/c1-16-8-7-9-17(2)23(16)22-15-28-26-21-13-6-5-12-20(21)24-25(29(22)26)19-11-4-3-10-18(19)14-27-24;1-17-10-16-14-8-3-2-6-12(14)13-7-4-5-9-15(13)18(16)11-17;/h3-12,14-15H,1-2H3;2-8,10-11H,1H3;/q-1;-2;+3.